The van der Waals surface area contributed by atoms with Crippen molar-refractivity contribution in [3.05, 3.63) is 36.7 Å². The maximum atomic E-state index is 8.16. The molecule has 1 aromatic rings. The van der Waals surface area contributed by atoms with Crippen LogP contribution in [0.1, 0.15) is 0 Å². The van der Waals surface area contributed by atoms with Gasteiger partial charge in [-0.2, -0.15) is 0 Å². The first-order valence-electron chi connectivity index (χ1n) is 2.74. The van der Waals surface area contributed by atoms with Crippen molar-refractivity contribution in [1.82, 2.24) is 0 Å². The molecular formula is C6H3BrIN3. The molecule has 0 radical (unpaired) electrons. The van der Waals surface area contributed by atoms with E-state index in [1.807, 2.05) is 12.1 Å². The van der Waals surface area contributed by atoms with Crippen molar-refractivity contribution < 1.29 is 0 Å². The number of nitrogens with zero attached hydrogens (tertiary/aromatic N) is 3. The summed E-state index contributed by atoms with van der Waals surface area (Å²) >= 11 is 5.42. The van der Waals surface area contributed by atoms with Crippen LogP contribution in [0.3, 0.4) is 0 Å². The van der Waals surface area contributed by atoms with Crippen LogP contribution in [0.5, 0.6) is 0 Å². The van der Waals surface area contributed by atoms with Crippen LogP contribution in [0.15, 0.2) is 27.8 Å². The highest BCUT2D eigenvalue weighted by molar-refractivity contribution is 14.1. The number of benzene rings is 1. The molecule has 1 aromatic carbocycles. The van der Waals surface area contributed by atoms with Crippen molar-refractivity contribution in [2.24, 2.45) is 5.11 Å². The van der Waals surface area contributed by atoms with Crippen molar-refractivity contribution in [2.75, 3.05) is 0 Å². The molecule has 0 heterocycles. The van der Waals surface area contributed by atoms with Gasteiger partial charge in [0.2, 0.25) is 0 Å². The van der Waals surface area contributed by atoms with Gasteiger partial charge in [-0.1, -0.05) is 27.1 Å². The van der Waals surface area contributed by atoms with E-state index in [0.29, 0.717) is 5.69 Å². The topological polar surface area (TPSA) is 48.8 Å². The fourth-order valence-corrected chi connectivity index (χ4v) is 2.02. The quantitative estimate of drug-likeness (QED) is 0.325. The molecule has 0 spiro atoms. The molecule has 0 fully saturated rings. The van der Waals surface area contributed by atoms with Gasteiger partial charge in [0.15, 0.2) is 0 Å². The normalized spacial score (nSPS) is 8.91. The van der Waals surface area contributed by atoms with Crippen LogP contribution in [-0.2, 0) is 0 Å². The lowest BCUT2D eigenvalue weighted by molar-refractivity contribution is 1.44. The molecule has 1 rings (SSSR count). The van der Waals surface area contributed by atoms with E-state index in [0.717, 1.165) is 8.04 Å². The molecule has 11 heavy (non-hydrogen) atoms. The molecule has 0 bridgehead atoms. The standard InChI is InChI=1S/C6H3BrIN3/c7-4-1-2-6(10-11-9)5(8)3-4/h1-3H. The Morgan fingerprint density at radius 1 is 1.55 bits per heavy atom. The predicted octanol–water partition coefficient (Wildman–Crippen LogP) is 4.00. The molecule has 0 aliphatic rings. The van der Waals surface area contributed by atoms with Crippen molar-refractivity contribution >= 4 is 44.2 Å². The third kappa shape index (κ3) is 2.36. The summed E-state index contributed by atoms with van der Waals surface area (Å²) < 4.78 is 1.92. The molecule has 0 N–H and O–H groups in total. The van der Waals surface area contributed by atoms with Crippen molar-refractivity contribution in [3.63, 3.8) is 0 Å². The molecule has 0 amide bonds. The lowest BCUT2D eigenvalue weighted by Crippen LogP contribution is -1.71. The average Bonchev–Trinajstić information content (AvgIpc) is 1.95. The minimum absolute atomic E-state index is 0.663. The average molecular weight is 324 g/mol. The molecule has 0 aromatic heterocycles. The minimum atomic E-state index is 0.663. The Morgan fingerprint density at radius 3 is 2.82 bits per heavy atom. The van der Waals surface area contributed by atoms with Crippen LogP contribution in [0.25, 0.3) is 10.4 Å². The first-order chi connectivity index (χ1) is 5.24. The summed E-state index contributed by atoms with van der Waals surface area (Å²) in [5.74, 6) is 0. The van der Waals surface area contributed by atoms with Gasteiger partial charge in [-0.15, -0.1) is 0 Å². The van der Waals surface area contributed by atoms with E-state index in [1.54, 1.807) is 6.07 Å². The molecule has 0 saturated carbocycles. The monoisotopic (exact) mass is 323 g/mol. The predicted molar refractivity (Wildman–Crippen MR) is 55.7 cm³/mol. The van der Waals surface area contributed by atoms with Gasteiger partial charge in [-0.05, 0) is 40.3 Å². The summed E-state index contributed by atoms with van der Waals surface area (Å²) in [7, 11) is 0. The van der Waals surface area contributed by atoms with Crippen molar-refractivity contribution in [1.29, 1.82) is 0 Å². The summed E-state index contributed by atoms with van der Waals surface area (Å²) in [6.07, 6.45) is 0. The fraction of sp³-hybridized carbons (Fsp3) is 0. The van der Waals surface area contributed by atoms with E-state index in [1.165, 1.54) is 0 Å². The Morgan fingerprint density at radius 2 is 2.27 bits per heavy atom. The first-order valence-corrected chi connectivity index (χ1v) is 4.61. The van der Waals surface area contributed by atoms with E-state index in [9.17, 15) is 0 Å². The Hall–Kier alpha value is -0.260. The Labute approximate surface area is 85.7 Å². The lowest BCUT2D eigenvalue weighted by Gasteiger charge is -1.95. The van der Waals surface area contributed by atoms with E-state index < -0.39 is 0 Å². The van der Waals surface area contributed by atoms with Crippen LogP contribution in [0.4, 0.5) is 5.69 Å². The largest absolute Gasteiger partial charge is 0.0597 e. The van der Waals surface area contributed by atoms with Gasteiger partial charge in [0.25, 0.3) is 0 Å². The van der Waals surface area contributed by atoms with Crippen LogP contribution in [-0.4, -0.2) is 0 Å². The van der Waals surface area contributed by atoms with E-state index in [-0.39, 0.29) is 0 Å². The van der Waals surface area contributed by atoms with E-state index in [2.05, 4.69) is 48.5 Å². The zero-order chi connectivity index (χ0) is 8.27. The molecular weight excluding hydrogens is 321 g/mol. The van der Waals surface area contributed by atoms with E-state index in [4.69, 9.17) is 5.53 Å². The molecule has 0 aliphatic heterocycles. The van der Waals surface area contributed by atoms with Gasteiger partial charge < -0.3 is 0 Å². The number of azide groups is 1. The lowest BCUT2D eigenvalue weighted by atomic mass is 10.3. The molecule has 3 nitrogen and oxygen atoms in total. The highest BCUT2D eigenvalue weighted by Gasteiger charge is 1.95. The number of hydrogen-bond acceptors (Lipinski definition) is 1. The second kappa shape index (κ2) is 3.94. The van der Waals surface area contributed by atoms with Gasteiger partial charge in [0.1, 0.15) is 0 Å². The number of rotatable bonds is 1. The van der Waals surface area contributed by atoms with Crippen molar-refractivity contribution in [2.45, 2.75) is 0 Å². The summed E-state index contributed by atoms with van der Waals surface area (Å²) in [5.41, 5.74) is 8.82. The summed E-state index contributed by atoms with van der Waals surface area (Å²) in [5, 5.41) is 3.50. The summed E-state index contributed by atoms with van der Waals surface area (Å²) in [4.78, 5) is 2.70. The second-order valence-electron chi connectivity index (χ2n) is 1.79. The summed E-state index contributed by atoms with van der Waals surface area (Å²) in [6.45, 7) is 0. The van der Waals surface area contributed by atoms with E-state index >= 15 is 0 Å². The number of hydrogen-bond donors (Lipinski definition) is 0. The first kappa shape index (κ1) is 8.83. The SMILES string of the molecule is [N-]=[N+]=Nc1ccc(Br)cc1I. The van der Waals surface area contributed by atoms with Crippen molar-refractivity contribution in [3.8, 4) is 0 Å². The van der Waals surface area contributed by atoms with Gasteiger partial charge in [-0.25, -0.2) is 0 Å². The zero-order valence-corrected chi connectivity index (χ0v) is 9.07. The molecule has 0 saturated heterocycles. The van der Waals surface area contributed by atoms with Crippen LogP contribution >= 0.6 is 38.5 Å². The van der Waals surface area contributed by atoms with Crippen LogP contribution in [0.2, 0.25) is 0 Å². The molecule has 0 atom stereocenters. The zero-order valence-electron chi connectivity index (χ0n) is 5.33. The van der Waals surface area contributed by atoms with Crippen LogP contribution in [0, 0.1) is 3.57 Å². The summed E-state index contributed by atoms with van der Waals surface area (Å²) in [6, 6.07) is 5.50. The third-order valence-electron chi connectivity index (χ3n) is 1.06. The Balaban J connectivity index is 3.19. The minimum Gasteiger partial charge on any atom is -0.0597 e. The fourth-order valence-electron chi connectivity index (χ4n) is 0.611. The van der Waals surface area contributed by atoms with Gasteiger partial charge >= 0.3 is 0 Å². The second-order valence-corrected chi connectivity index (χ2v) is 3.86. The molecule has 0 unspecified atom stereocenters. The van der Waals surface area contributed by atoms with Crippen LogP contribution < -0.4 is 0 Å². The Bertz CT molecular complexity index is 320. The Kier molecular flexibility index (Phi) is 3.16. The number of halogens is 2. The highest BCUT2D eigenvalue weighted by Crippen LogP contribution is 2.24. The molecule has 5 heteroatoms. The van der Waals surface area contributed by atoms with Gasteiger partial charge in [0, 0.05) is 13.0 Å². The smallest absolute Gasteiger partial charge is 0.0509 e. The maximum absolute atomic E-state index is 8.16. The maximum Gasteiger partial charge on any atom is 0.0509 e. The highest BCUT2D eigenvalue weighted by atomic mass is 127. The van der Waals surface area contributed by atoms with Gasteiger partial charge in [0.05, 0.1) is 5.69 Å². The van der Waals surface area contributed by atoms with Gasteiger partial charge in [-0.3, -0.25) is 0 Å². The molecule has 56 valence electrons. The third-order valence-corrected chi connectivity index (χ3v) is 2.42. The molecule has 0 aliphatic carbocycles.